The molecule has 2 aromatic rings. The highest BCUT2D eigenvalue weighted by Gasteiger charge is 2.38. The van der Waals surface area contributed by atoms with Crippen LogP contribution in [-0.4, -0.2) is 20.8 Å². The van der Waals surface area contributed by atoms with Gasteiger partial charge in [-0.15, -0.1) is 5.10 Å². The van der Waals surface area contributed by atoms with Gasteiger partial charge in [-0.05, 0) is 24.8 Å². The van der Waals surface area contributed by atoms with Crippen LogP contribution in [0.25, 0.3) is 0 Å². The summed E-state index contributed by atoms with van der Waals surface area (Å²) in [6.45, 7) is 6.93. The number of aromatic nitrogens is 3. The number of nitrogens with zero attached hydrogens (tertiary/aromatic N) is 3. The van der Waals surface area contributed by atoms with E-state index in [9.17, 15) is 4.79 Å². The van der Waals surface area contributed by atoms with E-state index in [0.717, 1.165) is 31.4 Å². The van der Waals surface area contributed by atoms with Gasteiger partial charge in [0.05, 0.1) is 11.6 Å². The van der Waals surface area contributed by atoms with Crippen LogP contribution in [0, 0.1) is 0 Å². The number of hydrogen-bond acceptors (Lipinski definition) is 3. The van der Waals surface area contributed by atoms with Crippen LogP contribution in [-0.2, 0) is 12.0 Å². The van der Waals surface area contributed by atoms with Crippen molar-refractivity contribution in [1.82, 2.24) is 15.0 Å². The Morgan fingerprint density at radius 1 is 1.14 bits per heavy atom. The van der Waals surface area contributed by atoms with E-state index in [1.165, 1.54) is 0 Å². The summed E-state index contributed by atoms with van der Waals surface area (Å²) in [4.78, 5) is 13.2. The minimum Gasteiger partial charge on any atom is -0.291 e. The molecule has 0 bridgehead atoms. The highest BCUT2D eigenvalue weighted by Crippen LogP contribution is 2.35. The molecule has 1 aromatic carbocycles. The monoisotopic (exact) mass is 285 g/mol. The molecule has 1 heterocycles. The number of rotatable bonds is 7. The van der Waals surface area contributed by atoms with Crippen LogP contribution >= 0.6 is 0 Å². The Labute approximate surface area is 126 Å². The Hall–Kier alpha value is -1.97. The molecule has 0 aliphatic rings. The molecule has 0 N–H and O–H groups in total. The van der Waals surface area contributed by atoms with Gasteiger partial charge in [-0.3, -0.25) is 4.79 Å². The predicted molar refractivity (Wildman–Crippen MR) is 83.3 cm³/mol. The van der Waals surface area contributed by atoms with Crippen molar-refractivity contribution in [2.24, 2.45) is 0 Å². The molecule has 0 unspecified atom stereocenters. The van der Waals surface area contributed by atoms with E-state index in [-0.39, 0.29) is 5.78 Å². The molecule has 0 aliphatic heterocycles. The van der Waals surface area contributed by atoms with Gasteiger partial charge >= 0.3 is 0 Å². The van der Waals surface area contributed by atoms with Gasteiger partial charge in [-0.2, -0.15) is 0 Å². The summed E-state index contributed by atoms with van der Waals surface area (Å²) in [6, 6.07) is 10.0. The molecule has 0 saturated carbocycles. The molecule has 21 heavy (non-hydrogen) atoms. The average Bonchev–Trinajstić information content (AvgIpc) is 2.98. The van der Waals surface area contributed by atoms with Crippen LogP contribution in [0.15, 0.2) is 36.5 Å². The molecule has 4 nitrogen and oxygen atoms in total. The zero-order valence-electron chi connectivity index (χ0n) is 13.0. The largest absolute Gasteiger partial charge is 0.291 e. The summed E-state index contributed by atoms with van der Waals surface area (Å²) in [5, 5.41) is 7.98. The second-order valence-corrected chi connectivity index (χ2v) is 5.33. The second-order valence-electron chi connectivity index (χ2n) is 5.33. The molecular weight excluding hydrogens is 262 g/mol. The van der Waals surface area contributed by atoms with Crippen molar-refractivity contribution in [2.45, 2.75) is 52.0 Å². The summed E-state index contributed by atoms with van der Waals surface area (Å²) in [5.74, 6) is 0.122. The van der Waals surface area contributed by atoms with Gasteiger partial charge in [0.15, 0.2) is 5.78 Å². The molecule has 0 aliphatic carbocycles. The minimum absolute atomic E-state index is 0.122. The zero-order valence-corrected chi connectivity index (χ0v) is 13.0. The van der Waals surface area contributed by atoms with Gasteiger partial charge < -0.3 is 0 Å². The quantitative estimate of drug-likeness (QED) is 0.730. The second kappa shape index (κ2) is 6.66. The summed E-state index contributed by atoms with van der Waals surface area (Å²) in [6.07, 6.45) is 4.06. The highest BCUT2D eigenvalue weighted by molar-refractivity contribution is 6.02. The van der Waals surface area contributed by atoms with Gasteiger partial charge in [-0.25, -0.2) is 4.68 Å². The fraction of sp³-hybridized carbons (Fsp3) is 0.471. The molecule has 0 spiro atoms. The zero-order chi connectivity index (χ0) is 15.3. The topological polar surface area (TPSA) is 47.8 Å². The Morgan fingerprint density at radius 3 is 2.38 bits per heavy atom. The van der Waals surface area contributed by atoms with Crippen molar-refractivity contribution in [1.29, 1.82) is 0 Å². The average molecular weight is 285 g/mol. The van der Waals surface area contributed by atoms with Crippen LogP contribution in [0.1, 0.15) is 56.1 Å². The van der Waals surface area contributed by atoms with E-state index < -0.39 is 5.41 Å². The maximum atomic E-state index is 13.2. The Kier molecular flexibility index (Phi) is 4.89. The van der Waals surface area contributed by atoms with E-state index >= 15 is 0 Å². The molecule has 0 amide bonds. The lowest BCUT2D eigenvalue weighted by atomic mass is 9.71. The van der Waals surface area contributed by atoms with Crippen molar-refractivity contribution in [2.75, 3.05) is 0 Å². The van der Waals surface area contributed by atoms with Gasteiger partial charge in [0.1, 0.15) is 5.69 Å². The van der Waals surface area contributed by atoms with Crippen LogP contribution < -0.4 is 0 Å². The number of carbonyl (C=O) groups excluding carboxylic acids is 1. The summed E-state index contributed by atoms with van der Waals surface area (Å²) in [7, 11) is 0. The first-order valence-corrected chi connectivity index (χ1v) is 7.68. The van der Waals surface area contributed by atoms with E-state index in [1.54, 1.807) is 10.9 Å². The van der Waals surface area contributed by atoms with E-state index in [0.29, 0.717) is 5.69 Å². The van der Waals surface area contributed by atoms with Crippen LogP contribution in [0.5, 0.6) is 0 Å². The maximum absolute atomic E-state index is 13.2. The number of benzene rings is 1. The van der Waals surface area contributed by atoms with Crippen LogP contribution in [0.2, 0.25) is 0 Å². The minimum atomic E-state index is -0.492. The van der Waals surface area contributed by atoms with Crippen molar-refractivity contribution in [3.8, 4) is 0 Å². The molecule has 112 valence electrons. The first-order chi connectivity index (χ1) is 10.2. The van der Waals surface area contributed by atoms with Crippen LogP contribution in [0.3, 0.4) is 0 Å². The summed E-state index contributed by atoms with van der Waals surface area (Å²) < 4.78 is 1.73. The molecule has 0 radical (unpaired) electrons. The highest BCUT2D eigenvalue weighted by atomic mass is 16.1. The third kappa shape index (κ3) is 2.75. The maximum Gasteiger partial charge on any atom is 0.192 e. The van der Waals surface area contributed by atoms with Gasteiger partial charge in [0, 0.05) is 6.54 Å². The molecule has 0 fully saturated rings. The lowest BCUT2D eigenvalue weighted by Gasteiger charge is -2.30. The Morgan fingerprint density at radius 2 is 1.81 bits per heavy atom. The molecule has 0 saturated heterocycles. The van der Waals surface area contributed by atoms with E-state index in [2.05, 4.69) is 31.1 Å². The first kappa shape index (κ1) is 15.4. The normalized spacial score (nSPS) is 11.6. The van der Waals surface area contributed by atoms with Gasteiger partial charge in [0.2, 0.25) is 0 Å². The van der Waals surface area contributed by atoms with E-state index in [4.69, 9.17) is 0 Å². The van der Waals surface area contributed by atoms with Crippen molar-refractivity contribution in [3.63, 3.8) is 0 Å². The van der Waals surface area contributed by atoms with Crippen molar-refractivity contribution < 1.29 is 4.79 Å². The van der Waals surface area contributed by atoms with Crippen molar-refractivity contribution in [3.05, 3.63) is 47.8 Å². The third-order valence-electron chi connectivity index (χ3n) is 4.25. The summed E-state index contributed by atoms with van der Waals surface area (Å²) >= 11 is 0. The number of carbonyl (C=O) groups is 1. The summed E-state index contributed by atoms with van der Waals surface area (Å²) in [5.41, 5.74) is 1.20. The molecular formula is C17H23N3O. The number of aryl methyl sites for hydroxylation is 1. The lowest BCUT2D eigenvalue weighted by Crippen LogP contribution is -2.36. The Balaban J connectivity index is 2.47. The molecule has 0 atom stereocenters. The third-order valence-corrected chi connectivity index (χ3v) is 4.25. The van der Waals surface area contributed by atoms with Crippen molar-refractivity contribution >= 4 is 5.78 Å². The fourth-order valence-corrected chi connectivity index (χ4v) is 2.92. The fourth-order valence-electron chi connectivity index (χ4n) is 2.92. The molecule has 4 heteroatoms. The molecule has 2 rings (SSSR count). The SMILES string of the molecule is CCCn1nncc1C(=O)C(CC)(CC)c1ccccc1. The predicted octanol–water partition coefficient (Wildman–Crippen LogP) is 3.63. The van der Waals surface area contributed by atoms with Gasteiger partial charge in [0.25, 0.3) is 0 Å². The number of Topliss-reactive ketones (excluding diaryl/α,β-unsaturated/α-hetero) is 1. The molecule has 1 aromatic heterocycles. The lowest BCUT2D eigenvalue weighted by molar-refractivity contribution is 0.0861. The smallest absolute Gasteiger partial charge is 0.192 e. The standard InChI is InChI=1S/C17H23N3O/c1-4-12-20-15(13-18-19-20)16(21)17(5-2,6-3)14-10-8-7-9-11-14/h7-11,13H,4-6,12H2,1-3H3. The number of ketones is 1. The van der Waals surface area contributed by atoms with Crippen LogP contribution in [0.4, 0.5) is 0 Å². The Bertz CT molecular complexity index is 585. The van der Waals surface area contributed by atoms with Gasteiger partial charge in [-0.1, -0.05) is 56.3 Å². The van der Waals surface area contributed by atoms with E-state index in [1.807, 2.05) is 30.3 Å². The first-order valence-electron chi connectivity index (χ1n) is 7.68. The number of hydrogen-bond donors (Lipinski definition) is 0.